The Kier molecular flexibility index (Phi) is 3.62. The zero-order valence-corrected chi connectivity index (χ0v) is 13.7. The van der Waals surface area contributed by atoms with Crippen LogP contribution in [-0.2, 0) is 11.3 Å². The molecule has 3 aromatic rings. The quantitative estimate of drug-likeness (QED) is 0.659. The summed E-state index contributed by atoms with van der Waals surface area (Å²) in [7, 11) is 0. The van der Waals surface area contributed by atoms with Gasteiger partial charge < -0.3 is 4.74 Å². The number of aryl methyl sites for hydroxylation is 1. The topological polar surface area (TPSA) is 89.4 Å². The lowest BCUT2D eigenvalue weighted by atomic mass is 10.2. The van der Waals surface area contributed by atoms with E-state index in [1.165, 1.54) is 15.0 Å². The number of nitrogens with zero attached hydrogens (tertiary/aromatic N) is 4. The largest absolute Gasteiger partial charge is 0.376 e. The van der Waals surface area contributed by atoms with Crippen molar-refractivity contribution >= 4 is 16.7 Å². The highest BCUT2D eigenvalue weighted by atomic mass is 16.5. The van der Waals surface area contributed by atoms with Crippen LogP contribution in [0.3, 0.4) is 0 Å². The second-order valence-electron chi connectivity index (χ2n) is 6.26. The molecule has 1 saturated heterocycles. The zero-order valence-electron chi connectivity index (χ0n) is 13.7. The maximum Gasteiger partial charge on any atom is 0.270 e. The van der Waals surface area contributed by atoms with E-state index in [2.05, 4.69) is 4.98 Å². The van der Waals surface area contributed by atoms with E-state index in [-0.39, 0.29) is 22.6 Å². The van der Waals surface area contributed by atoms with Gasteiger partial charge in [-0.3, -0.25) is 18.6 Å². The van der Waals surface area contributed by atoms with Crippen LogP contribution in [0.1, 0.15) is 24.0 Å². The Morgan fingerprint density at radius 1 is 1.36 bits per heavy atom. The highest BCUT2D eigenvalue weighted by Crippen LogP contribution is 2.17. The Labute approximate surface area is 142 Å². The van der Waals surface area contributed by atoms with Gasteiger partial charge in [-0.2, -0.15) is 5.26 Å². The second kappa shape index (κ2) is 5.83. The summed E-state index contributed by atoms with van der Waals surface area (Å²) in [6.07, 6.45) is 3.31. The van der Waals surface area contributed by atoms with Gasteiger partial charge in [0.1, 0.15) is 17.3 Å². The fourth-order valence-electron chi connectivity index (χ4n) is 3.32. The highest BCUT2D eigenvalue weighted by molar-refractivity contribution is 5.78. The molecular formula is C18H16N4O3. The molecule has 25 heavy (non-hydrogen) atoms. The Bertz CT molecular complexity index is 1150. The minimum atomic E-state index is -0.435. The molecule has 1 atom stereocenters. The number of aromatic nitrogens is 3. The first-order chi connectivity index (χ1) is 12.1. The molecule has 1 unspecified atom stereocenters. The van der Waals surface area contributed by atoms with E-state index in [1.807, 2.05) is 19.1 Å². The van der Waals surface area contributed by atoms with Gasteiger partial charge in [0, 0.05) is 12.8 Å². The molecule has 0 spiro atoms. The van der Waals surface area contributed by atoms with E-state index in [0.717, 1.165) is 18.4 Å². The molecule has 3 aromatic heterocycles. The molecule has 0 saturated carbocycles. The van der Waals surface area contributed by atoms with Crippen molar-refractivity contribution in [3.63, 3.8) is 0 Å². The van der Waals surface area contributed by atoms with E-state index >= 15 is 0 Å². The number of hydrogen-bond donors (Lipinski definition) is 0. The van der Waals surface area contributed by atoms with E-state index in [4.69, 9.17) is 4.74 Å². The first-order valence-corrected chi connectivity index (χ1v) is 8.17. The molecule has 0 aromatic carbocycles. The average Bonchev–Trinajstić information content (AvgIpc) is 3.12. The summed E-state index contributed by atoms with van der Waals surface area (Å²) in [5.41, 5.74) is 0.861. The minimum Gasteiger partial charge on any atom is -0.376 e. The second-order valence-corrected chi connectivity index (χ2v) is 6.26. The van der Waals surface area contributed by atoms with Crippen molar-refractivity contribution in [1.29, 1.82) is 5.26 Å². The van der Waals surface area contributed by atoms with Crippen molar-refractivity contribution < 1.29 is 4.74 Å². The Morgan fingerprint density at radius 3 is 2.92 bits per heavy atom. The molecule has 126 valence electrons. The summed E-state index contributed by atoms with van der Waals surface area (Å²) < 4.78 is 8.48. The summed E-state index contributed by atoms with van der Waals surface area (Å²) in [5.74, 6) is 0. The molecule has 7 nitrogen and oxygen atoms in total. The van der Waals surface area contributed by atoms with Crippen LogP contribution in [0.25, 0.3) is 16.7 Å². The average molecular weight is 336 g/mol. The van der Waals surface area contributed by atoms with Gasteiger partial charge in [0.25, 0.3) is 11.1 Å². The lowest BCUT2D eigenvalue weighted by Gasteiger charge is -2.15. The summed E-state index contributed by atoms with van der Waals surface area (Å²) in [5, 5.41) is 9.55. The van der Waals surface area contributed by atoms with E-state index < -0.39 is 5.56 Å². The van der Waals surface area contributed by atoms with Crippen LogP contribution in [0.15, 0.2) is 34.0 Å². The molecule has 4 rings (SSSR count). The number of pyridine rings is 2. The van der Waals surface area contributed by atoms with Crippen LogP contribution in [-0.4, -0.2) is 26.7 Å². The number of nitriles is 1. The van der Waals surface area contributed by atoms with Crippen molar-refractivity contribution in [3.8, 4) is 6.07 Å². The summed E-state index contributed by atoms with van der Waals surface area (Å²) in [6, 6.07) is 6.86. The molecule has 4 heterocycles. The zero-order chi connectivity index (χ0) is 17.6. The Hall–Kier alpha value is -2.98. The fourth-order valence-corrected chi connectivity index (χ4v) is 3.32. The van der Waals surface area contributed by atoms with Gasteiger partial charge in [0.15, 0.2) is 5.65 Å². The predicted molar refractivity (Wildman–Crippen MR) is 91.7 cm³/mol. The van der Waals surface area contributed by atoms with E-state index in [0.29, 0.717) is 24.4 Å². The van der Waals surface area contributed by atoms with Crippen LogP contribution in [0.4, 0.5) is 0 Å². The van der Waals surface area contributed by atoms with Gasteiger partial charge in [-0.15, -0.1) is 0 Å². The summed E-state index contributed by atoms with van der Waals surface area (Å²) in [6.45, 7) is 2.81. The van der Waals surface area contributed by atoms with Crippen LogP contribution < -0.4 is 11.1 Å². The van der Waals surface area contributed by atoms with Crippen LogP contribution in [0, 0.1) is 18.3 Å². The van der Waals surface area contributed by atoms with Gasteiger partial charge in [0.2, 0.25) is 0 Å². The predicted octanol–water partition coefficient (Wildman–Crippen LogP) is 1.37. The molecule has 0 radical (unpaired) electrons. The smallest absolute Gasteiger partial charge is 0.270 e. The highest BCUT2D eigenvalue weighted by Gasteiger charge is 2.21. The Morgan fingerprint density at radius 2 is 2.20 bits per heavy atom. The van der Waals surface area contributed by atoms with Crippen LogP contribution in [0.2, 0.25) is 0 Å². The van der Waals surface area contributed by atoms with Gasteiger partial charge in [-0.25, -0.2) is 4.98 Å². The van der Waals surface area contributed by atoms with Crippen molar-refractivity contribution in [2.75, 3.05) is 6.61 Å². The number of hydrogen-bond acceptors (Lipinski definition) is 5. The van der Waals surface area contributed by atoms with Crippen molar-refractivity contribution in [2.45, 2.75) is 32.4 Å². The van der Waals surface area contributed by atoms with Crippen molar-refractivity contribution in [3.05, 3.63) is 56.2 Å². The third-order valence-electron chi connectivity index (χ3n) is 4.61. The molecule has 1 aliphatic rings. The molecule has 1 fully saturated rings. The standard InChI is InChI=1S/C18H16N4O3/c1-11-4-2-6-21-15(11)20-16-14(18(21)24)8-12(9-19)17(23)22(16)10-13-5-3-7-25-13/h2,4,6,8,13H,3,5,7,10H2,1H3. The molecule has 0 N–H and O–H groups in total. The van der Waals surface area contributed by atoms with Gasteiger partial charge in [-0.05, 0) is 37.5 Å². The lowest BCUT2D eigenvalue weighted by Crippen LogP contribution is -2.31. The lowest BCUT2D eigenvalue weighted by molar-refractivity contribution is 0.0971. The first-order valence-electron chi connectivity index (χ1n) is 8.17. The molecule has 0 amide bonds. The molecule has 0 aliphatic carbocycles. The molecule has 0 bridgehead atoms. The third kappa shape index (κ3) is 2.42. The van der Waals surface area contributed by atoms with Gasteiger partial charge in [-0.1, -0.05) is 6.07 Å². The minimum absolute atomic E-state index is 0.0583. The fraction of sp³-hybridized carbons (Fsp3) is 0.333. The third-order valence-corrected chi connectivity index (χ3v) is 4.61. The van der Waals surface area contributed by atoms with E-state index in [1.54, 1.807) is 12.3 Å². The van der Waals surface area contributed by atoms with Crippen molar-refractivity contribution in [1.82, 2.24) is 14.0 Å². The first kappa shape index (κ1) is 15.5. The maximum absolute atomic E-state index is 12.9. The van der Waals surface area contributed by atoms with Crippen molar-refractivity contribution in [2.24, 2.45) is 0 Å². The molecule has 7 heteroatoms. The summed E-state index contributed by atoms with van der Waals surface area (Å²) in [4.78, 5) is 30.1. The number of ether oxygens (including phenoxy) is 1. The molecule has 1 aliphatic heterocycles. The monoisotopic (exact) mass is 336 g/mol. The van der Waals surface area contributed by atoms with Gasteiger partial charge >= 0.3 is 0 Å². The Balaban J connectivity index is 2.10. The number of fused-ring (bicyclic) bond motifs is 2. The summed E-state index contributed by atoms with van der Waals surface area (Å²) >= 11 is 0. The van der Waals surface area contributed by atoms with E-state index in [9.17, 15) is 14.9 Å². The maximum atomic E-state index is 12.9. The number of rotatable bonds is 2. The van der Waals surface area contributed by atoms with Gasteiger partial charge in [0.05, 0.1) is 18.0 Å². The SMILES string of the molecule is Cc1cccn2c(=O)c3cc(C#N)c(=O)n(CC4CCCO4)c3nc12. The van der Waals surface area contributed by atoms with Crippen LogP contribution >= 0.6 is 0 Å². The normalized spacial score (nSPS) is 17.2. The molecular weight excluding hydrogens is 320 g/mol. The van der Waals surface area contributed by atoms with Crippen LogP contribution in [0.5, 0.6) is 0 Å².